The van der Waals surface area contributed by atoms with Crippen LogP contribution in [0.2, 0.25) is 0 Å². The van der Waals surface area contributed by atoms with Crippen LogP contribution in [0.3, 0.4) is 0 Å². The van der Waals surface area contributed by atoms with Crippen molar-refractivity contribution in [3.63, 3.8) is 0 Å². The van der Waals surface area contributed by atoms with Crippen LogP contribution in [0.15, 0.2) is 22.8 Å². The molecule has 2 aromatic rings. The number of ether oxygens (including phenoxy) is 3. The molecule has 1 amide bonds. The van der Waals surface area contributed by atoms with Gasteiger partial charge in [-0.3, -0.25) is 0 Å². The average Bonchev–Trinajstić information content (AvgIpc) is 3.10. The Kier molecular flexibility index (Phi) is 5.88. The van der Waals surface area contributed by atoms with Gasteiger partial charge in [0.15, 0.2) is 6.23 Å². The predicted molar refractivity (Wildman–Crippen MR) is 118 cm³/mol. The summed E-state index contributed by atoms with van der Waals surface area (Å²) in [5.41, 5.74) is -0.400. The largest absolute Gasteiger partial charge is 0.491 e. The summed E-state index contributed by atoms with van der Waals surface area (Å²) in [5, 5.41) is 15.2. The van der Waals surface area contributed by atoms with Gasteiger partial charge in [-0.1, -0.05) is 15.9 Å². The molecule has 1 unspecified atom stereocenters. The number of rotatable bonds is 4. The summed E-state index contributed by atoms with van der Waals surface area (Å²) >= 11 is 3.55. The van der Waals surface area contributed by atoms with Crippen molar-refractivity contribution in [3.05, 3.63) is 22.8 Å². The van der Waals surface area contributed by atoms with Gasteiger partial charge in [0, 0.05) is 24.2 Å². The Morgan fingerprint density at radius 3 is 2.81 bits per heavy atom. The minimum absolute atomic E-state index is 0.0760. The molecule has 0 saturated carbocycles. The van der Waals surface area contributed by atoms with Gasteiger partial charge in [0.1, 0.15) is 23.4 Å². The third kappa shape index (κ3) is 4.65. The van der Waals surface area contributed by atoms with Crippen molar-refractivity contribution in [2.24, 2.45) is 5.41 Å². The lowest BCUT2D eigenvalue weighted by molar-refractivity contribution is -0.0366. The minimum Gasteiger partial charge on any atom is -0.491 e. The number of carbonyl (C=O) groups excluding carboxylic acids is 1. The molecule has 2 saturated heterocycles. The van der Waals surface area contributed by atoms with Gasteiger partial charge in [-0.05, 0) is 52.2 Å². The zero-order valence-corrected chi connectivity index (χ0v) is 19.6. The Bertz CT molecular complexity index is 1010. The maximum Gasteiger partial charge on any atom is 0.410 e. The number of fused-ring (bicyclic) bond motifs is 1. The summed E-state index contributed by atoms with van der Waals surface area (Å²) in [4.78, 5) is 13.8. The maximum atomic E-state index is 12.2. The van der Waals surface area contributed by atoms with Gasteiger partial charge < -0.3 is 19.1 Å². The number of aromatic nitrogens is 2. The molecule has 0 bridgehead atoms. The Morgan fingerprint density at radius 2 is 2.16 bits per heavy atom. The van der Waals surface area contributed by atoms with Crippen molar-refractivity contribution in [2.45, 2.75) is 51.9 Å². The first-order valence-electron chi connectivity index (χ1n) is 10.5. The van der Waals surface area contributed by atoms with Crippen LogP contribution in [0.25, 0.3) is 10.9 Å². The van der Waals surface area contributed by atoms with E-state index >= 15 is 0 Å². The molecule has 166 valence electrons. The van der Waals surface area contributed by atoms with Crippen molar-refractivity contribution in [1.29, 1.82) is 5.26 Å². The van der Waals surface area contributed by atoms with E-state index in [0.717, 1.165) is 41.2 Å². The highest BCUT2D eigenvalue weighted by Gasteiger charge is 2.48. The Labute approximate surface area is 190 Å². The van der Waals surface area contributed by atoms with Crippen LogP contribution in [-0.4, -0.2) is 52.7 Å². The third-order valence-corrected chi connectivity index (χ3v) is 5.91. The van der Waals surface area contributed by atoms with Gasteiger partial charge in [0.2, 0.25) is 0 Å². The van der Waals surface area contributed by atoms with E-state index < -0.39 is 17.1 Å². The molecular formula is C22H27BrN4O4. The second-order valence-electron chi connectivity index (χ2n) is 9.26. The van der Waals surface area contributed by atoms with Gasteiger partial charge in [-0.25, -0.2) is 9.48 Å². The lowest BCUT2D eigenvalue weighted by atomic mass is 9.82. The smallest absolute Gasteiger partial charge is 0.410 e. The van der Waals surface area contributed by atoms with Gasteiger partial charge in [0.25, 0.3) is 0 Å². The maximum absolute atomic E-state index is 12.2. The molecule has 0 radical (unpaired) electrons. The van der Waals surface area contributed by atoms with Crippen molar-refractivity contribution >= 4 is 32.9 Å². The first-order chi connectivity index (χ1) is 14.7. The first kappa shape index (κ1) is 21.9. The van der Waals surface area contributed by atoms with E-state index in [4.69, 9.17) is 14.2 Å². The second kappa shape index (κ2) is 8.32. The van der Waals surface area contributed by atoms with E-state index in [1.54, 1.807) is 6.20 Å². The fraction of sp³-hybridized carbons (Fsp3) is 0.591. The summed E-state index contributed by atoms with van der Waals surface area (Å²) in [5.74, 6) is 0.650. The lowest BCUT2D eigenvalue weighted by Crippen LogP contribution is -2.61. The van der Waals surface area contributed by atoms with Gasteiger partial charge >= 0.3 is 6.09 Å². The molecule has 1 aromatic carbocycles. The quantitative estimate of drug-likeness (QED) is 0.619. The van der Waals surface area contributed by atoms with Gasteiger partial charge in [-0.2, -0.15) is 10.4 Å². The van der Waals surface area contributed by atoms with E-state index in [2.05, 4.69) is 27.1 Å². The second-order valence-corrected chi connectivity index (χ2v) is 10.2. The Hall–Kier alpha value is -2.31. The molecule has 1 atom stereocenters. The van der Waals surface area contributed by atoms with Crippen LogP contribution in [0, 0.1) is 16.7 Å². The highest BCUT2D eigenvalue weighted by Crippen LogP contribution is 2.36. The summed E-state index contributed by atoms with van der Waals surface area (Å²) in [6.07, 6.45) is 4.41. The molecule has 8 nitrogen and oxygen atoms in total. The van der Waals surface area contributed by atoms with E-state index in [-0.39, 0.29) is 25.9 Å². The zero-order valence-electron chi connectivity index (χ0n) is 18.1. The number of halogens is 1. The fourth-order valence-electron chi connectivity index (χ4n) is 3.90. The van der Waals surface area contributed by atoms with Crippen LogP contribution >= 0.6 is 15.9 Å². The Balaban J connectivity index is 1.47. The summed E-state index contributed by atoms with van der Waals surface area (Å²) in [6.45, 7) is 6.95. The van der Waals surface area contributed by atoms with Gasteiger partial charge in [0.05, 0.1) is 23.2 Å². The standard InChI is InChI=1S/C22H27BrN4O4/c1-21(2,3)31-20(28)26-12-22(11-24,13-26)14-30-18-9-15(23)8-17-16(18)10-25-27(17)19-6-4-5-7-29-19/h8-10,19H,4-7,12-14H2,1-3H3. The number of nitrogens with zero attached hydrogens (tertiary/aromatic N) is 4. The summed E-state index contributed by atoms with van der Waals surface area (Å²) < 4.78 is 20.1. The third-order valence-electron chi connectivity index (χ3n) is 5.45. The van der Waals surface area contributed by atoms with Crippen LogP contribution in [0.1, 0.15) is 46.3 Å². The molecule has 1 aromatic heterocycles. The number of hydrogen-bond donors (Lipinski definition) is 0. The van der Waals surface area contributed by atoms with E-state index in [1.807, 2.05) is 37.6 Å². The van der Waals surface area contributed by atoms with E-state index in [0.29, 0.717) is 5.75 Å². The molecule has 0 aliphatic carbocycles. The summed E-state index contributed by atoms with van der Waals surface area (Å²) in [7, 11) is 0. The number of benzene rings is 1. The van der Waals surface area contributed by atoms with Crippen molar-refractivity contribution < 1.29 is 19.0 Å². The average molecular weight is 491 g/mol. The minimum atomic E-state index is -0.756. The van der Waals surface area contributed by atoms with Crippen LogP contribution in [0.4, 0.5) is 4.79 Å². The first-order valence-corrected chi connectivity index (χ1v) is 11.3. The van der Waals surface area contributed by atoms with Crippen LogP contribution in [0.5, 0.6) is 5.75 Å². The predicted octanol–water partition coefficient (Wildman–Crippen LogP) is 4.64. The molecule has 0 N–H and O–H groups in total. The molecule has 31 heavy (non-hydrogen) atoms. The highest BCUT2D eigenvalue weighted by atomic mass is 79.9. The zero-order chi connectivity index (χ0) is 22.2. The molecular weight excluding hydrogens is 464 g/mol. The van der Waals surface area contributed by atoms with Crippen LogP contribution < -0.4 is 4.74 Å². The fourth-order valence-corrected chi connectivity index (χ4v) is 4.32. The molecule has 9 heteroatoms. The lowest BCUT2D eigenvalue weighted by Gasteiger charge is -2.45. The molecule has 2 aliphatic heterocycles. The molecule has 2 fully saturated rings. The number of likely N-dealkylation sites (tertiary alicyclic amines) is 1. The van der Waals surface area contributed by atoms with E-state index in [9.17, 15) is 10.1 Å². The summed E-state index contributed by atoms with van der Waals surface area (Å²) in [6, 6.07) is 6.21. The van der Waals surface area contributed by atoms with Crippen molar-refractivity contribution in [2.75, 3.05) is 26.3 Å². The Morgan fingerprint density at radius 1 is 1.39 bits per heavy atom. The molecule has 2 aliphatic rings. The molecule has 4 rings (SSSR count). The molecule has 3 heterocycles. The number of nitriles is 1. The number of carbonyl (C=O) groups is 1. The van der Waals surface area contributed by atoms with Crippen molar-refractivity contribution in [3.8, 4) is 11.8 Å². The topological polar surface area (TPSA) is 89.6 Å². The normalized spacial score (nSPS) is 20.7. The van der Waals surface area contributed by atoms with Crippen molar-refractivity contribution in [1.82, 2.24) is 14.7 Å². The number of hydrogen-bond acceptors (Lipinski definition) is 6. The highest BCUT2D eigenvalue weighted by molar-refractivity contribution is 9.10. The monoisotopic (exact) mass is 490 g/mol. The number of amides is 1. The molecule has 0 spiro atoms. The SMILES string of the molecule is CC(C)(C)OC(=O)N1CC(C#N)(COc2cc(Br)cc3c2cnn3C2CCCCO2)C1. The van der Waals surface area contributed by atoms with Gasteiger partial charge in [-0.15, -0.1) is 0 Å². The van der Waals surface area contributed by atoms with E-state index in [1.165, 1.54) is 4.90 Å². The van der Waals surface area contributed by atoms with Crippen LogP contribution in [-0.2, 0) is 9.47 Å².